The van der Waals surface area contributed by atoms with Gasteiger partial charge in [0, 0.05) is 0 Å². The predicted molar refractivity (Wildman–Crippen MR) is 314 cm³/mol. The Morgan fingerprint density at radius 1 is 0.338 bits per heavy atom. The predicted octanol–water partition coefficient (Wildman–Crippen LogP) is 13.6. The van der Waals surface area contributed by atoms with E-state index < -0.39 is 12.2 Å². The Bertz CT molecular complexity index is 2790. The zero-order chi connectivity index (χ0) is 55.5. The van der Waals surface area contributed by atoms with Gasteiger partial charge in [-0.3, -0.25) is 14.5 Å². The normalized spacial score (nSPS) is 13.4. The lowest BCUT2D eigenvalue weighted by molar-refractivity contribution is -0.208. The van der Waals surface area contributed by atoms with E-state index in [1.165, 1.54) is 5.06 Å². The van der Waals surface area contributed by atoms with Crippen molar-refractivity contribution in [1.82, 2.24) is 10.5 Å². The summed E-state index contributed by atoms with van der Waals surface area (Å²) in [5.74, 6) is 0. The van der Waals surface area contributed by atoms with E-state index >= 15 is 0 Å². The van der Waals surface area contributed by atoms with Gasteiger partial charge in [-0.05, 0) is 57.3 Å². The average molecular weight is 1080 g/mol. The number of ether oxygens (including phenoxy) is 6. The second-order valence-corrected chi connectivity index (χ2v) is 19.3. The fourth-order valence-corrected chi connectivity index (χ4v) is 8.85. The highest BCUT2D eigenvalue weighted by Gasteiger charge is 2.34. The number of nitrogens with zero attached hydrogens (tertiary/aromatic N) is 1. The number of carbonyl (C=O) groups excluding carboxylic acids is 1. The molecule has 0 aliphatic heterocycles. The minimum absolute atomic E-state index is 0.174. The van der Waals surface area contributed by atoms with Gasteiger partial charge in [-0.25, -0.2) is 5.06 Å². The molecule has 0 spiro atoms. The number of rotatable bonds is 35. The molecule has 0 aromatic heterocycles. The maximum atomic E-state index is 12.2. The lowest BCUT2D eigenvalue weighted by Gasteiger charge is -2.35. The van der Waals surface area contributed by atoms with E-state index in [2.05, 4.69) is 55.7 Å². The summed E-state index contributed by atoms with van der Waals surface area (Å²) in [5.41, 5.74) is 11.7. The van der Waals surface area contributed by atoms with Crippen LogP contribution in [0.3, 0.4) is 0 Å². The second-order valence-electron chi connectivity index (χ2n) is 19.3. The summed E-state index contributed by atoms with van der Waals surface area (Å²) < 4.78 is 39.1. The van der Waals surface area contributed by atoms with Crippen molar-refractivity contribution in [3.05, 3.63) is 287 Å². The molecule has 0 aliphatic rings. The van der Waals surface area contributed by atoms with Crippen molar-refractivity contribution in [2.45, 2.75) is 116 Å². The SMILES string of the molecule is CC[C@@H](OCc1ccccc1)[C@@H](OCc1ccccc1)[C@H](CN(C=O)OCc1ccccc1)OCc1ccccc1.CC[C@@H](OCc1ccccc1)[C@@H](OCc1ccccc1)[C@H](CNOCc1ccccc1)OCc1ccccc1. The summed E-state index contributed by atoms with van der Waals surface area (Å²) in [7, 11) is 0. The van der Waals surface area contributed by atoms with Gasteiger partial charge in [0.2, 0.25) is 6.41 Å². The zero-order valence-corrected chi connectivity index (χ0v) is 46.2. The minimum atomic E-state index is -0.527. The van der Waals surface area contributed by atoms with Crippen LogP contribution in [0.4, 0.5) is 0 Å². The van der Waals surface area contributed by atoms with Gasteiger partial charge < -0.3 is 28.4 Å². The molecule has 0 saturated heterocycles. The minimum Gasteiger partial charge on any atom is -0.371 e. The quantitative estimate of drug-likeness (QED) is 0.0235. The molecule has 0 saturated carbocycles. The fourth-order valence-electron chi connectivity index (χ4n) is 8.85. The Hall–Kier alpha value is -7.13. The van der Waals surface area contributed by atoms with Gasteiger partial charge in [-0.2, -0.15) is 5.48 Å². The lowest BCUT2D eigenvalue weighted by atomic mass is 10.0. The number of nitrogens with one attached hydrogen (secondary N) is 1. The summed E-state index contributed by atoms with van der Waals surface area (Å²) in [6, 6.07) is 80.6. The first-order valence-corrected chi connectivity index (χ1v) is 27.8. The molecule has 0 unspecified atom stereocenters. The van der Waals surface area contributed by atoms with E-state index in [1.807, 2.05) is 206 Å². The smallest absolute Gasteiger partial charge is 0.233 e. The Kier molecular flexibility index (Phi) is 27.4. The van der Waals surface area contributed by atoms with Crippen LogP contribution in [0.15, 0.2) is 243 Å². The molecule has 0 bridgehead atoms. The Balaban J connectivity index is 0.000000231. The Morgan fingerprint density at radius 2 is 0.600 bits per heavy atom. The molecule has 8 rings (SSSR count). The standard InChI is InChI=1S/C35H39NO5.C34H39NO4/c1-2-33(38-24-29-15-7-3-8-16-29)35(40-26-31-19-11-5-12-20-31)34(39-25-30-17-9-4-10-18-30)23-36(28-37)41-27-32-21-13-6-14-22-32;1-2-32(36-24-28-15-7-3-8-16-28)34(38-26-30-19-11-5-12-20-30)33(37-25-29-17-9-4-10-18-29)23-35-39-27-31-21-13-6-14-22-31/h3-22,28,33-35H,2,23-27H2,1H3;3-22,32-35H,2,23-27H2,1H3/t33-,34+,35-;32-,33+,34-/m11/s1. The van der Waals surface area contributed by atoms with E-state index in [0.29, 0.717) is 65.6 Å². The molecule has 1 amide bonds. The van der Waals surface area contributed by atoms with Crippen molar-refractivity contribution < 1.29 is 42.9 Å². The van der Waals surface area contributed by atoms with E-state index in [4.69, 9.17) is 38.1 Å². The molecule has 1 N–H and O–H groups in total. The molecule has 0 aliphatic carbocycles. The highest BCUT2D eigenvalue weighted by molar-refractivity contribution is 5.45. The Morgan fingerprint density at radius 3 is 0.912 bits per heavy atom. The van der Waals surface area contributed by atoms with E-state index in [-0.39, 0.29) is 37.6 Å². The fraction of sp³-hybridized carbons (Fsp3) is 0.290. The van der Waals surface area contributed by atoms with Gasteiger partial charge in [0.05, 0.1) is 71.5 Å². The number of hydrogen-bond donors (Lipinski definition) is 1. The topological polar surface area (TPSA) is 106 Å². The molecule has 8 aromatic rings. The lowest BCUT2D eigenvalue weighted by Crippen LogP contribution is -2.48. The van der Waals surface area contributed by atoms with E-state index in [9.17, 15) is 4.79 Å². The molecule has 418 valence electrons. The van der Waals surface area contributed by atoms with Gasteiger partial charge in [-0.15, -0.1) is 0 Å². The molecular formula is C69H78N2O9. The number of carbonyl (C=O) groups is 1. The first-order valence-electron chi connectivity index (χ1n) is 27.8. The molecule has 0 fully saturated rings. The maximum absolute atomic E-state index is 12.2. The van der Waals surface area contributed by atoms with Gasteiger partial charge in [0.1, 0.15) is 31.0 Å². The van der Waals surface area contributed by atoms with Crippen LogP contribution in [0.5, 0.6) is 0 Å². The van der Waals surface area contributed by atoms with E-state index in [1.54, 1.807) is 0 Å². The molecule has 11 heteroatoms. The van der Waals surface area contributed by atoms with Crippen molar-refractivity contribution in [2.24, 2.45) is 0 Å². The first-order chi connectivity index (χ1) is 39.6. The van der Waals surface area contributed by atoms with Crippen LogP contribution >= 0.6 is 0 Å². The van der Waals surface area contributed by atoms with Crippen LogP contribution in [0.2, 0.25) is 0 Å². The molecular weight excluding hydrogens is 1000 g/mol. The molecule has 6 atom stereocenters. The average Bonchev–Trinajstić information content (AvgIpc) is 3.53. The van der Waals surface area contributed by atoms with Crippen LogP contribution in [0.25, 0.3) is 0 Å². The highest BCUT2D eigenvalue weighted by atomic mass is 16.7. The van der Waals surface area contributed by atoms with Crippen molar-refractivity contribution in [1.29, 1.82) is 0 Å². The molecule has 0 heterocycles. The number of amides is 1. The maximum Gasteiger partial charge on any atom is 0.233 e. The summed E-state index contributed by atoms with van der Waals surface area (Å²) in [6.45, 7) is 8.17. The second kappa shape index (κ2) is 36.2. The van der Waals surface area contributed by atoms with Crippen LogP contribution < -0.4 is 5.48 Å². The summed E-state index contributed by atoms with van der Waals surface area (Å²) in [6.07, 6.45) is 0.0676. The van der Waals surface area contributed by atoms with Crippen molar-refractivity contribution in [3.63, 3.8) is 0 Å². The molecule has 8 aromatic carbocycles. The molecule has 0 radical (unpaired) electrons. The van der Waals surface area contributed by atoms with Gasteiger partial charge in [0.25, 0.3) is 0 Å². The van der Waals surface area contributed by atoms with Gasteiger partial charge >= 0.3 is 0 Å². The summed E-state index contributed by atoms with van der Waals surface area (Å²) in [5, 5.41) is 1.30. The molecule has 11 nitrogen and oxygen atoms in total. The van der Waals surface area contributed by atoms with Gasteiger partial charge in [0.15, 0.2) is 0 Å². The third-order valence-electron chi connectivity index (χ3n) is 13.3. The third-order valence-corrected chi connectivity index (χ3v) is 13.3. The number of hydrogen-bond acceptors (Lipinski definition) is 10. The summed E-state index contributed by atoms with van der Waals surface area (Å²) >= 11 is 0. The monoisotopic (exact) mass is 1080 g/mol. The van der Waals surface area contributed by atoms with Crippen molar-refractivity contribution in [2.75, 3.05) is 13.1 Å². The molecule has 80 heavy (non-hydrogen) atoms. The summed E-state index contributed by atoms with van der Waals surface area (Å²) in [4.78, 5) is 23.9. The highest BCUT2D eigenvalue weighted by Crippen LogP contribution is 2.24. The van der Waals surface area contributed by atoms with Crippen molar-refractivity contribution in [3.8, 4) is 0 Å². The largest absolute Gasteiger partial charge is 0.371 e. The Labute approximate surface area is 474 Å². The van der Waals surface area contributed by atoms with Crippen LogP contribution in [0, 0.1) is 0 Å². The van der Waals surface area contributed by atoms with Crippen molar-refractivity contribution >= 4 is 6.41 Å². The zero-order valence-electron chi connectivity index (χ0n) is 46.2. The van der Waals surface area contributed by atoms with Crippen LogP contribution in [-0.4, -0.2) is 61.2 Å². The third kappa shape index (κ3) is 22.2. The van der Waals surface area contributed by atoms with Crippen LogP contribution in [-0.2, 0) is 95.7 Å². The number of benzene rings is 8. The van der Waals surface area contributed by atoms with Gasteiger partial charge in [-0.1, -0.05) is 257 Å². The number of hydroxylamine groups is 3. The van der Waals surface area contributed by atoms with Crippen LogP contribution in [0.1, 0.15) is 71.2 Å². The van der Waals surface area contributed by atoms with E-state index in [0.717, 1.165) is 50.9 Å². The first kappa shape index (κ1) is 60.5.